The van der Waals surface area contributed by atoms with E-state index in [-0.39, 0.29) is 0 Å². The van der Waals surface area contributed by atoms with Crippen LogP contribution in [-0.2, 0) is 16.0 Å². The van der Waals surface area contributed by atoms with Crippen LogP contribution < -0.4 is 0 Å². The maximum Gasteiger partial charge on any atom is 0.0990 e. The number of nitrogens with zero attached hydrogens (tertiary/aromatic N) is 2. The summed E-state index contributed by atoms with van der Waals surface area (Å²) in [4.78, 5) is 0. The van der Waals surface area contributed by atoms with E-state index in [1.807, 2.05) is 4.68 Å². The third-order valence-electron chi connectivity index (χ3n) is 2.55. The molecule has 6 heteroatoms. The molecule has 0 saturated carbocycles. The average molecular weight is 321 g/mol. The Bertz CT molecular complexity index is 344. The Morgan fingerprint density at radius 3 is 2.89 bits per heavy atom. The highest BCUT2D eigenvalue weighted by Crippen LogP contribution is 2.25. The summed E-state index contributed by atoms with van der Waals surface area (Å²) < 4.78 is 12.9. The van der Waals surface area contributed by atoms with Crippen molar-refractivity contribution >= 4 is 15.9 Å². The normalized spacial score (nSPS) is 12.9. The summed E-state index contributed by atoms with van der Waals surface area (Å²) in [6.45, 7) is 4.53. The number of methoxy groups -OCH3 is 1. The van der Waals surface area contributed by atoms with Crippen LogP contribution in [0.5, 0.6) is 0 Å². The van der Waals surface area contributed by atoms with Gasteiger partial charge in [0.25, 0.3) is 0 Å². The number of hydrogen-bond acceptors (Lipinski definition) is 4. The van der Waals surface area contributed by atoms with Crippen molar-refractivity contribution < 1.29 is 14.6 Å². The fourth-order valence-electron chi connectivity index (χ4n) is 1.67. The fraction of sp³-hybridized carbons (Fsp3) is 0.750. The molecule has 0 radical (unpaired) electrons. The molecule has 1 aromatic rings. The Morgan fingerprint density at radius 1 is 1.44 bits per heavy atom. The molecule has 0 aliphatic heterocycles. The molecule has 0 amide bonds. The molecule has 0 bridgehead atoms. The van der Waals surface area contributed by atoms with Crippen molar-refractivity contribution in [1.82, 2.24) is 9.78 Å². The minimum atomic E-state index is -0.559. The molecule has 104 valence electrons. The molecular formula is C12H21BrN2O3. The Morgan fingerprint density at radius 2 is 2.22 bits per heavy atom. The Kier molecular flexibility index (Phi) is 7.50. The molecule has 0 fully saturated rings. The van der Waals surface area contributed by atoms with Gasteiger partial charge in [-0.1, -0.05) is 6.92 Å². The molecule has 1 aromatic heterocycles. The lowest BCUT2D eigenvalue weighted by atomic mass is 10.2. The van der Waals surface area contributed by atoms with E-state index in [9.17, 15) is 5.11 Å². The predicted molar refractivity (Wildman–Crippen MR) is 72.5 cm³/mol. The first-order valence-electron chi connectivity index (χ1n) is 6.16. The zero-order valence-corrected chi connectivity index (χ0v) is 12.5. The van der Waals surface area contributed by atoms with Gasteiger partial charge in [0, 0.05) is 26.7 Å². The number of halogens is 1. The summed E-state index contributed by atoms with van der Waals surface area (Å²) in [6, 6.07) is 0. The number of ether oxygens (including phenoxy) is 2. The van der Waals surface area contributed by atoms with Gasteiger partial charge in [-0.25, -0.2) is 0 Å². The molecule has 0 aliphatic carbocycles. The van der Waals surface area contributed by atoms with Crippen LogP contribution in [0.2, 0.25) is 0 Å². The van der Waals surface area contributed by atoms with Crippen molar-refractivity contribution in [1.29, 1.82) is 0 Å². The van der Waals surface area contributed by atoms with Gasteiger partial charge in [0.1, 0.15) is 0 Å². The predicted octanol–water partition coefficient (Wildman–Crippen LogP) is 2.14. The third kappa shape index (κ3) is 4.68. The number of aliphatic hydroxyl groups is 1. The van der Waals surface area contributed by atoms with Gasteiger partial charge in [0.05, 0.1) is 35.7 Å². The fourth-order valence-corrected chi connectivity index (χ4v) is 2.23. The summed E-state index contributed by atoms with van der Waals surface area (Å²) in [6.07, 6.45) is 2.70. The first-order chi connectivity index (χ1) is 8.70. The molecule has 1 unspecified atom stereocenters. The van der Waals surface area contributed by atoms with Gasteiger partial charge in [0.2, 0.25) is 0 Å². The highest BCUT2D eigenvalue weighted by atomic mass is 79.9. The van der Waals surface area contributed by atoms with Crippen LogP contribution >= 0.6 is 15.9 Å². The number of hydrogen-bond donors (Lipinski definition) is 1. The summed E-state index contributed by atoms with van der Waals surface area (Å²) in [5, 5.41) is 14.4. The van der Waals surface area contributed by atoms with Gasteiger partial charge in [-0.05, 0) is 22.4 Å². The van der Waals surface area contributed by atoms with E-state index in [0.29, 0.717) is 26.2 Å². The maximum atomic E-state index is 10.2. The lowest BCUT2D eigenvalue weighted by Gasteiger charge is -2.14. The van der Waals surface area contributed by atoms with Crippen LogP contribution in [0.25, 0.3) is 0 Å². The van der Waals surface area contributed by atoms with Crippen molar-refractivity contribution in [3.63, 3.8) is 0 Å². The zero-order valence-electron chi connectivity index (χ0n) is 10.9. The minimum Gasteiger partial charge on any atom is -0.387 e. The first kappa shape index (κ1) is 15.6. The molecule has 1 heterocycles. The molecule has 0 spiro atoms. The van der Waals surface area contributed by atoms with Crippen molar-refractivity contribution in [2.45, 2.75) is 32.4 Å². The number of aromatic nitrogens is 2. The highest BCUT2D eigenvalue weighted by molar-refractivity contribution is 9.10. The lowest BCUT2D eigenvalue weighted by molar-refractivity contribution is 0.0455. The second-order valence-electron chi connectivity index (χ2n) is 4.01. The summed E-state index contributed by atoms with van der Waals surface area (Å²) in [7, 11) is 1.64. The van der Waals surface area contributed by atoms with Crippen LogP contribution in [0.4, 0.5) is 0 Å². The first-order valence-corrected chi connectivity index (χ1v) is 6.96. The van der Waals surface area contributed by atoms with E-state index in [1.165, 1.54) is 0 Å². The quantitative estimate of drug-likeness (QED) is 0.708. The summed E-state index contributed by atoms with van der Waals surface area (Å²) >= 11 is 3.42. The largest absolute Gasteiger partial charge is 0.387 e. The zero-order chi connectivity index (χ0) is 13.4. The van der Waals surface area contributed by atoms with E-state index in [2.05, 4.69) is 28.0 Å². The van der Waals surface area contributed by atoms with E-state index in [4.69, 9.17) is 9.47 Å². The molecule has 18 heavy (non-hydrogen) atoms. The van der Waals surface area contributed by atoms with Gasteiger partial charge < -0.3 is 14.6 Å². The van der Waals surface area contributed by atoms with Crippen molar-refractivity contribution in [2.75, 3.05) is 26.9 Å². The molecular weight excluding hydrogens is 300 g/mol. The maximum absolute atomic E-state index is 10.2. The molecule has 0 aromatic carbocycles. The third-order valence-corrected chi connectivity index (χ3v) is 3.16. The molecule has 5 nitrogen and oxygen atoms in total. The number of aryl methyl sites for hydroxylation is 1. The second kappa shape index (κ2) is 8.63. The van der Waals surface area contributed by atoms with Gasteiger partial charge in [-0.15, -0.1) is 0 Å². The van der Waals surface area contributed by atoms with Crippen LogP contribution in [-0.4, -0.2) is 41.8 Å². The van der Waals surface area contributed by atoms with Gasteiger partial charge in [-0.3, -0.25) is 4.68 Å². The summed E-state index contributed by atoms with van der Waals surface area (Å²) in [5.74, 6) is 0. The Hall–Kier alpha value is -0.430. The Balaban J connectivity index is 2.44. The van der Waals surface area contributed by atoms with Crippen molar-refractivity contribution in [2.24, 2.45) is 0 Å². The van der Waals surface area contributed by atoms with Crippen LogP contribution in [0.15, 0.2) is 10.7 Å². The summed E-state index contributed by atoms with van der Waals surface area (Å²) in [5.41, 5.74) is 0.826. The molecule has 1 atom stereocenters. The van der Waals surface area contributed by atoms with Crippen LogP contribution in [0.1, 0.15) is 31.6 Å². The monoisotopic (exact) mass is 320 g/mol. The standard InChI is InChI=1S/C12H21BrN2O3/c1-3-5-15-12(10(13)9-14-15)11(16)4-6-18-8-7-17-2/h9,11,16H,3-8H2,1-2H3. The van der Waals surface area contributed by atoms with Gasteiger partial charge >= 0.3 is 0 Å². The van der Waals surface area contributed by atoms with Gasteiger partial charge in [0.15, 0.2) is 0 Å². The van der Waals surface area contributed by atoms with Crippen molar-refractivity contribution in [3.8, 4) is 0 Å². The average Bonchev–Trinajstić information content (AvgIpc) is 2.71. The van der Waals surface area contributed by atoms with Crippen LogP contribution in [0, 0.1) is 0 Å². The van der Waals surface area contributed by atoms with Gasteiger partial charge in [-0.2, -0.15) is 5.10 Å². The molecule has 1 N–H and O–H groups in total. The molecule has 0 saturated heterocycles. The highest BCUT2D eigenvalue weighted by Gasteiger charge is 2.17. The molecule has 0 aliphatic rings. The Labute approximate surface area is 116 Å². The smallest absolute Gasteiger partial charge is 0.0990 e. The van der Waals surface area contributed by atoms with E-state index in [0.717, 1.165) is 23.1 Å². The van der Waals surface area contributed by atoms with Crippen LogP contribution in [0.3, 0.4) is 0 Å². The number of rotatable bonds is 9. The van der Waals surface area contributed by atoms with Crippen molar-refractivity contribution in [3.05, 3.63) is 16.4 Å². The second-order valence-corrected chi connectivity index (χ2v) is 4.86. The minimum absolute atomic E-state index is 0.508. The lowest BCUT2D eigenvalue weighted by Crippen LogP contribution is -2.12. The number of aliphatic hydroxyl groups excluding tert-OH is 1. The topological polar surface area (TPSA) is 56.5 Å². The SMILES string of the molecule is CCCn1ncc(Br)c1C(O)CCOCCOC. The molecule has 1 rings (SSSR count). The van der Waals surface area contributed by atoms with E-state index < -0.39 is 6.10 Å². The van der Waals surface area contributed by atoms with E-state index in [1.54, 1.807) is 13.3 Å². The van der Waals surface area contributed by atoms with E-state index >= 15 is 0 Å².